The lowest BCUT2D eigenvalue weighted by atomic mass is 9.95. The van der Waals surface area contributed by atoms with Gasteiger partial charge in [0.2, 0.25) is 0 Å². The number of nitrogens with zero attached hydrogens (tertiary/aromatic N) is 2. The molecule has 0 aliphatic carbocycles. The van der Waals surface area contributed by atoms with E-state index in [9.17, 15) is 19.1 Å². The molecule has 6 nitrogen and oxygen atoms in total. The fourth-order valence-corrected chi connectivity index (χ4v) is 5.37. The van der Waals surface area contributed by atoms with Crippen LogP contribution in [0.2, 0.25) is 10.0 Å². The third kappa shape index (κ3) is 4.21. The Labute approximate surface area is 219 Å². The highest BCUT2D eigenvalue weighted by molar-refractivity contribution is 7.22. The number of Topliss-reactive ketones (excluding diaryl/α,β-unsaturated/α-hetero) is 1. The van der Waals surface area contributed by atoms with Crippen molar-refractivity contribution in [2.24, 2.45) is 0 Å². The van der Waals surface area contributed by atoms with Crippen LogP contribution in [0.5, 0.6) is 5.75 Å². The lowest BCUT2D eigenvalue weighted by Gasteiger charge is -2.23. The highest BCUT2D eigenvalue weighted by atomic mass is 35.5. The van der Waals surface area contributed by atoms with E-state index in [0.29, 0.717) is 38.7 Å². The highest BCUT2D eigenvalue weighted by Crippen LogP contribution is 2.45. The number of benzene rings is 3. The number of anilines is 1. The first kappa shape index (κ1) is 24.2. The average Bonchev–Trinajstić information content (AvgIpc) is 3.39. The maximum absolute atomic E-state index is 13.8. The van der Waals surface area contributed by atoms with Crippen molar-refractivity contribution < 1.29 is 23.8 Å². The van der Waals surface area contributed by atoms with Gasteiger partial charge in [0.25, 0.3) is 5.78 Å². The maximum atomic E-state index is 13.8. The van der Waals surface area contributed by atoms with Gasteiger partial charge in [0.05, 0.1) is 38.5 Å². The molecule has 182 valence electrons. The van der Waals surface area contributed by atoms with E-state index in [-0.39, 0.29) is 21.5 Å². The van der Waals surface area contributed by atoms with E-state index in [0.717, 1.165) is 11.3 Å². The van der Waals surface area contributed by atoms with E-state index >= 15 is 0 Å². The number of rotatable bonds is 5. The highest BCUT2D eigenvalue weighted by Gasteiger charge is 2.48. The van der Waals surface area contributed by atoms with Gasteiger partial charge >= 0.3 is 5.91 Å². The van der Waals surface area contributed by atoms with Crippen LogP contribution in [0.15, 0.2) is 66.2 Å². The summed E-state index contributed by atoms with van der Waals surface area (Å²) in [7, 11) is 0. The number of carbonyl (C=O) groups excluding carboxylic acids is 2. The molecule has 1 amide bonds. The van der Waals surface area contributed by atoms with Crippen molar-refractivity contribution in [1.82, 2.24) is 4.98 Å². The Balaban J connectivity index is 1.70. The molecule has 0 saturated carbocycles. The van der Waals surface area contributed by atoms with Crippen molar-refractivity contribution in [2.75, 3.05) is 11.5 Å². The minimum Gasteiger partial charge on any atom is -0.507 e. The lowest BCUT2D eigenvalue weighted by Crippen LogP contribution is -2.29. The predicted octanol–water partition coefficient (Wildman–Crippen LogP) is 6.77. The van der Waals surface area contributed by atoms with E-state index in [1.807, 2.05) is 6.92 Å². The van der Waals surface area contributed by atoms with Gasteiger partial charge in [0, 0.05) is 5.56 Å². The summed E-state index contributed by atoms with van der Waals surface area (Å²) in [6.45, 7) is 2.32. The molecule has 10 heteroatoms. The number of hydrogen-bond acceptors (Lipinski definition) is 6. The first-order valence-electron chi connectivity index (χ1n) is 10.8. The van der Waals surface area contributed by atoms with Crippen LogP contribution >= 0.6 is 34.5 Å². The SMILES string of the molecule is CCOc1ccc(C(O)=C2C(=O)C(=O)N(c3nc4ccc(F)cc4s3)C2c2ccc(Cl)c(Cl)c2)cc1. The number of amides is 1. The van der Waals surface area contributed by atoms with Crippen molar-refractivity contribution >= 4 is 67.3 Å². The van der Waals surface area contributed by atoms with E-state index in [2.05, 4.69) is 4.98 Å². The first-order chi connectivity index (χ1) is 17.3. The number of aliphatic hydroxyl groups excluding tert-OH is 1. The average molecular weight is 543 g/mol. The fourth-order valence-electron chi connectivity index (χ4n) is 4.05. The molecule has 1 N–H and O–H groups in total. The molecule has 36 heavy (non-hydrogen) atoms. The molecule has 0 spiro atoms. The van der Waals surface area contributed by atoms with Gasteiger partial charge < -0.3 is 9.84 Å². The van der Waals surface area contributed by atoms with Gasteiger partial charge in [0.1, 0.15) is 17.3 Å². The van der Waals surface area contributed by atoms with Gasteiger partial charge in [-0.15, -0.1) is 0 Å². The van der Waals surface area contributed by atoms with Crippen molar-refractivity contribution in [3.63, 3.8) is 0 Å². The second-order valence-electron chi connectivity index (χ2n) is 7.91. The van der Waals surface area contributed by atoms with E-state index in [1.165, 1.54) is 29.2 Å². The maximum Gasteiger partial charge on any atom is 0.301 e. The molecule has 1 aliphatic heterocycles. The number of aliphatic hydroxyl groups is 1. The Morgan fingerprint density at radius 2 is 1.83 bits per heavy atom. The van der Waals surface area contributed by atoms with Gasteiger partial charge in [-0.1, -0.05) is 40.6 Å². The van der Waals surface area contributed by atoms with E-state index < -0.39 is 23.5 Å². The Hall–Kier alpha value is -3.46. The predicted molar refractivity (Wildman–Crippen MR) is 138 cm³/mol. The second-order valence-corrected chi connectivity index (χ2v) is 9.73. The van der Waals surface area contributed by atoms with Crippen LogP contribution < -0.4 is 9.64 Å². The Morgan fingerprint density at radius 3 is 2.53 bits per heavy atom. The molecule has 5 rings (SSSR count). The minimum atomic E-state index is -1.04. The summed E-state index contributed by atoms with van der Waals surface area (Å²) < 4.78 is 19.7. The minimum absolute atomic E-state index is 0.131. The van der Waals surface area contributed by atoms with Crippen LogP contribution in [-0.4, -0.2) is 28.4 Å². The summed E-state index contributed by atoms with van der Waals surface area (Å²) in [5.74, 6) is -1.98. The lowest BCUT2D eigenvalue weighted by molar-refractivity contribution is -0.132. The Bertz CT molecular complexity index is 1550. The van der Waals surface area contributed by atoms with Crippen LogP contribution in [0.1, 0.15) is 24.1 Å². The molecule has 3 aromatic carbocycles. The molecule has 1 saturated heterocycles. The number of ether oxygens (including phenoxy) is 1. The van der Waals surface area contributed by atoms with Gasteiger partial charge in [-0.3, -0.25) is 14.5 Å². The molecular formula is C26H17Cl2FN2O4S. The summed E-state index contributed by atoms with van der Waals surface area (Å²) in [6.07, 6.45) is 0. The molecule has 1 fully saturated rings. The number of carbonyl (C=O) groups is 2. The summed E-state index contributed by atoms with van der Waals surface area (Å²) in [5.41, 5.74) is 1.11. The zero-order chi connectivity index (χ0) is 25.6. The quantitative estimate of drug-likeness (QED) is 0.171. The van der Waals surface area contributed by atoms with Crippen molar-refractivity contribution in [3.8, 4) is 5.75 Å². The molecule has 1 aromatic heterocycles. The number of fused-ring (bicyclic) bond motifs is 1. The normalized spacial score (nSPS) is 17.2. The number of aromatic nitrogens is 1. The van der Waals surface area contributed by atoms with Crippen LogP contribution in [0.25, 0.3) is 16.0 Å². The Kier molecular flexibility index (Phi) is 6.42. The molecule has 2 heterocycles. The third-order valence-corrected chi connectivity index (χ3v) is 7.44. The fraction of sp³-hybridized carbons (Fsp3) is 0.115. The molecule has 1 atom stereocenters. The first-order valence-corrected chi connectivity index (χ1v) is 12.4. The standard InChI is InChI=1S/C26H17Cl2FN2O4S/c1-2-35-16-7-3-13(4-8-16)23(32)21-22(14-5-9-17(27)18(28)11-14)31(25(34)24(21)33)26-30-19-10-6-15(29)12-20(19)36-26/h3-12,22,32H,2H2,1H3. The largest absolute Gasteiger partial charge is 0.507 e. The van der Waals surface area contributed by atoms with Crippen molar-refractivity contribution in [2.45, 2.75) is 13.0 Å². The van der Waals surface area contributed by atoms with Crippen LogP contribution in [0.3, 0.4) is 0 Å². The van der Waals surface area contributed by atoms with Crippen molar-refractivity contribution in [3.05, 3.63) is 93.2 Å². The van der Waals surface area contributed by atoms with E-state index in [4.69, 9.17) is 27.9 Å². The number of thiazole rings is 1. The second kappa shape index (κ2) is 9.54. The van der Waals surface area contributed by atoms with Crippen LogP contribution in [0, 0.1) is 5.82 Å². The molecule has 0 radical (unpaired) electrons. The van der Waals surface area contributed by atoms with Gasteiger partial charge in [-0.25, -0.2) is 9.37 Å². The van der Waals surface area contributed by atoms with Crippen LogP contribution in [-0.2, 0) is 9.59 Å². The summed E-state index contributed by atoms with van der Waals surface area (Å²) in [6, 6.07) is 14.2. The molecular weight excluding hydrogens is 526 g/mol. The topological polar surface area (TPSA) is 79.7 Å². The van der Waals surface area contributed by atoms with Gasteiger partial charge in [-0.05, 0) is 67.1 Å². The third-order valence-electron chi connectivity index (χ3n) is 5.69. The zero-order valence-electron chi connectivity index (χ0n) is 18.7. The number of hydrogen-bond donors (Lipinski definition) is 1. The molecule has 0 bridgehead atoms. The van der Waals surface area contributed by atoms with Gasteiger partial charge in [-0.2, -0.15) is 0 Å². The molecule has 4 aromatic rings. The number of halogens is 3. The smallest absolute Gasteiger partial charge is 0.301 e. The number of ketones is 1. The van der Waals surface area contributed by atoms with E-state index in [1.54, 1.807) is 36.4 Å². The van der Waals surface area contributed by atoms with Crippen molar-refractivity contribution in [1.29, 1.82) is 0 Å². The molecule has 1 unspecified atom stereocenters. The Morgan fingerprint density at radius 1 is 1.08 bits per heavy atom. The summed E-state index contributed by atoms with van der Waals surface area (Å²) >= 11 is 13.4. The summed E-state index contributed by atoms with van der Waals surface area (Å²) in [4.78, 5) is 32.3. The summed E-state index contributed by atoms with van der Waals surface area (Å²) in [5, 5.41) is 11.9. The monoisotopic (exact) mass is 542 g/mol. The molecule has 1 aliphatic rings. The van der Waals surface area contributed by atoms with Crippen LogP contribution in [0.4, 0.5) is 9.52 Å². The van der Waals surface area contributed by atoms with Gasteiger partial charge in [0.15, 0.2) is 5.13 Å². The zero-order valence-corrected chi connectivity index (χ0v) is 21.0.